The number of hydrogen-bond donors (Lipinski definition) is 15. The van der Waals surface area contributed by atoms with Crippen LogP contribution in [0.3, 0.4) is 0 Å². The first-order chi connectivity index (χ1) is 66.3. The number of aromatic hydroxyl groups is 15. The Balaban J connectivity index is 0.000000122. The number of ketones is 3. The molecular weight excluding hydrogens is 1780 g/mol. The monoisotopic (exact) mass is 1860 g/mol. The highest BCUT2D eigenvalue weighted by Gasteiger charge is 2.35. The van der Waals surface area contributed by atoms with Crippen molar-refractivity contribution in [3.63, 3.8) is 0 Å². The van der Waals surface area contributed by atoms with Gasteiger partial charge < -0.3 is 118 Å². The number of methoxy groups -OCH3 is 2. The number of carbonyl (C=O) groups is 3. The topological polar surface area (TPSA) is 522 Å². The molecule has 0 spiro atoms. The lowest BCUT2D eigenvalue weighted by atomic mass is 9.88. The summed E-state index contributed by atoms with van der Waals surface area (Å²) in [6, 6.07) is 70.8. The van der Waals surface area contributed by atoms with E-state index in [4.69, 9.17) is 41.4 Å². The maximum atomic E-state index is 12.5. The fraction of sp³-hybridized carbons (Fsp3) is 0.0748. The van der Waals surface area contributed by atoms with Gasteiger partial charge in [0.1, 0.15) is 199 Å². The van der Waals surface area contributed by atoms with E-state index in [1.54, 1.807) is 166 Å². The van der Waals surface area contributed by atoms with Gasteiger partial charge in [0.25, 0.3) is 0 Å². The molecule has 0 radical (unpaired) electrons. The largest absolute Gasteiger partial charge is 0.508 e. The Kier molecular flexibility index (Phi) is 27.6. The second kappa shape index (κ2) is 40.7. The molecule has 694 valence electrons. The van der Waals surface area contributed by atoms with Gasteiger partial charge in [0.15, 0.2) is 28.2 Å². The third kappa shape index (κ3) is 20.9. The van der Waals surface area contributed by atoms with Crippen LogP contribution in [0.15, 0.2) is 341 Å². The summed E-state index contributed by atoms with van der Waals surface area (Å²) in [4.78, 5) is 86.8. The van der Waals surface area contributed by atoms with E-state index in [0.717, 1.165) is 40.6 Å². The summed E-state index contributed by atoms with van der Waals surface area (Å²) >= 11 is 0. The van der Waals surface area contributed by atoms with Crippen LogP contribution in [-0.4, -0.2) is 128 Å². The summed E-state index contributed by atoms with van der Waals surface area (Å²) in [5.74, 6) is 0.276. The predicted molar refractivity (Wildman–Crippen MR) is 506 cm³/mol. The Morgan fingerprint density at radius 1 is 0.239 bits per heavy atom. The highest BCUT2D eigenvalue weighted by Crippen LogP contribution is 2.43. The molecule has 18 aromatic rings. The van der Waals surface area contributed by atoms with Crippen LogP contribution in [-0.2, 0) is 0 Å². The van der Waals surface area contributed by atoms with E-state index in [0.29, 0.717) is 89.3 Å². The second-order valence-electron chi connectivity index (χ2n) is 31.2. The van der Waals surface area contributed by atoms with Gasteiger partial charge in [-0.3, -0.25) is 33.6 Å². The van der Waals surface area contributed by atoms with Gasteiger partial charge >= 0.3 is 0 Å². The summed E-state index contributed by atoms with van der Waals surface area (Å²) in [5, 5.41) is 142. The minimum absolute atomic E-state index is 0.00775. The average Bonchev–Trinajstić information content (AvgIpc) is 0.778. The number of carbonyl (C=O) groups excluding carboxylic acids is 3. The van der Waals surface area contributed by atoms with Crippen LogP contribution in [0.25, 0.3) is 88.4 Å². The lowest BCUT2D eigenvalue weighted by Crippen LogP contribution is -2.26. The van der Waals surface area contributed by atoms with Crippen LogP contribution in [0.5, 0.6) is 115 Å². The fourth-order valence-electron chi connectivity index (χ4n) is 15.1. The third-order valence-electron chi connectivity index (χ3n) is 22.2. The molecule has 14 aromatic carbocycles. The number of fused-ring (bicyclic) bond motifs is 7. The van der Waals surface area contributed by atoms with Crippen molar-refractivity contribution in [2.45, 2.75) is 17.8 Å². The molecule has 138 heavy (non-hydrogen) atoms. The van der Waals surface area contributed by atoms with Crippen molar-refractivity contribution in [3.8, 4) is 159 Å². The quantitative estimate of drug-likeness (QED) is 0.0638. The molecule has 3 unspecified atom stereocenters. The van der Waals surface area contributed by atoms with Gasteiger partial charge in [-0.05, 0) is 172 Å². The molecule has 0 amide bonds. The summed E-state index contributed by atoms with van der Waals surface area (Å²) < 4.78 is 48.1. The van der Waals surface area contributed by atoms with Crippen LogP contribution in [0.2, 0.25) is 0 Å². The molecular formula is C107H80O31. The Bertz CT molecular complexity index is 7750. The number of ether oxygens (including phenoxy) is 5. The lowest BCUT2D eigenvalue weighted by Gasteiger charge is -2.25. The molecule has 7 heterocycles. The molecule has 0 aliphatic carbocycles. The van der Waals surface area contributed by atoms with Gasteiger partial charge in [-0.25, -0.2) is 0 Å². The number of rotatable bonds is 9. The molecule has 3 atom stereocenters. The van der Waals surface area contributed by atoms with Crippen molar-refractivity contribution in [3.05, 3.63) is 378 Å². The smallest absolute Gasteiger partial charge is 0.204 e. The molecule has 31 heteroatoms. The Morgan fingerprint density at radius 2 is 0.500 bits per heavy atom. The first-order valence-electron chi connectivity index (χ1n) is 41.8. The zero-order valence-corrected chi connectivity index (χ0v) is 72.5. The van der Waals surface area contributed by atoms with Gasteiger partial charge in [0.2, 0.25) is 10.9 Å². The molecule has 0 saturated heterocycles. The van der Waals surface area contributed by atoms with Gasteiger partial charge in [-0.15, -0.1) is 0 Å². The van der Waals surface area contributed by atoms with Gasteiger partial charge in [-0.2, -0.15) is 0 Å². The van der Waals surface area contributed by atoms with Crippen molar-refractivity contribution in [2.24, 2.45) is 0 Å². The Morgan fingerprint density at radius 3 is 0.848 bits per heavy atom. The van der Waals surface area contributed by atoms with Crippen molar-refractivity contribution >= 4 is 61.2 Å². The minimum Gasteiger partial charge on any atom is -0.508 e. The highest BCUT2D eigenvalue weighted by atomic mass is 16.5. The molecule has 3 aliphatic rings. The Hall–Kier alpha value is -19.1. The van der Waals surface area contributed by atoms with E-state index in [1.807, 2.05) is 0 Å². The van der Waals surface area contributed by atoms with E-state index in [2.05, 4.69) is 0 Å². The number of Topliss-reactive ketones (excluding diaryl/α,β-unsaturated/α-hetero) is 3. The van der Waals surface area contributed by atoms with Gasteiger partial charge in [-0.1, -0.05) is 84.9 Å². The zero-order valence-electron chi connectivity index (χ0n) is 72.5. The van der Waals surface area contributed by atoms with E-state index in [9.17, 15) is 110 Å². The summed E-state index contributed by atoms with van der Waals surface area (Å²) in [7, 11) is 3.15. The first kappa shape index (κ1) is 93.6. The van der Waals surface area contributed by atoms with Gasteiger partial charge in [0.05, 0.1) is 76.1 Å². The molecule has 0 fully saturated rings. The number of phenols is 15. The summed E-state index contributed by atoms with van der Waals surface area (Å²) in [6.45, 7) is 0.597. The number of hydrogen-bond acceptors (Lipinski definition) is 31. The van der Waals surface area contributed by atoms with Crippen LogP contribution >= 0.6 is 0 Å². The molecule has 21 rings (SSSR count). The standard InChI is InChI=1S/C16H12O5.C16H12O4.C15H12O5.C15H10O5.2C15H12O4.C15H10O4/c1-20-11-4-2-9(3-5-11)12-8-21-14-7-10(17)6-13(18)15(14)16(12)19;1-19-12-5-2-10(3-6-12)14-9-20-15-8-11(17)4-7-13(15)16(14)18;2*16-9-3-1-8(2-4-9)11-7-20-13-6-10(17)5-12(18)14(13)15(11)19;3*16-10-3-1-9(2-4-10)13-8-19-14-7-11(17)5-6-12(14)15(13)18/h2-8,17-18H,1H3;2-9,17H,1H3;1-6,11,16-18H,7H2;1-7,16-18H;2*1-7,13,16-17H,8H2;1-8,16-17H. The second-order valence-corrected chi connectivity index (χ2v) is 31.2. The first-order valence-corrected chi connectivity index (χ1v) is 41.8. The normalized spacial score (nSPS) is 13.6. The van der Waals surface area contributed by atoms with E-state index < -0.39 is 11.3 Å². The summed E-state index contributed by atoms with van der Waals surface area (Å²) in [6.07, 6.45) is 5.34. The maximum Gasteiger partial charge on any atom is 0.204 e. The highest BCUT2D eigenvalue weighted by molar-refractivity contribution is 6.07. The van der Waals surface area contributed by atoms with Gasteiger partial charge in [0, 0.05) is 60.7 Å². The number of benzene rings is 14. The third-order valence-corrected chi connectivity index (χ3v) is 22.2. The Labute approximate surface area is 779 Å². The fourth-order valence-corrected chi connectivity index (χ4v) is 15.1. The van der Waals surface area contributed by atoms with Crippen molar-refractivity contribution < 1.29 is 132 Å². The lowest BCUT2D eigenvalue weighted by molar-refractivity contribution is 0.0884. The van der Waals surface area contributed by atoms with Crippen LogP contribution in [0.4, 0.5) is 0 Å². The van der Waals surface area contributed by atoms with E-state index in [-0.39, 0.29) is 190 Å². The predicted octanol–water partition coefficient (Wildman–Crippen LogP) is 18.6. The van der Waals surface area contributed by atoms with E-state index >= 15 is 0 Å². The van der Waals surface area contributed by atoms with Crippen LogP contribution < -0.4 is 45.4 Å². The van der Waals surface area contributed by atoms with Crippen LogP contribution in [0.1, 0.15) is 65.5 Å². The molecule has 0 saturated carbocycles. The average molecular weight is 1860 g/mol. The molecule has 3 aliphatic heterocycles. The van der Waals surface area contributed by atoms with Crippen LogP contribution in [0, 0.1) is 0 Å². The van der Waals surface area contributed by atoms with E-state index in [1.165, 1.54) is 134 Å². The maximum absolute atomic E-state index is 12.5. The SMILES string of the molecule is COc1ccc(-c2coc3cc(O)cc(O)c3c2=O)cc1.COc1ccc(-c2coc3cc(O)ccc3c2=O)cc1.O=C1c2c(O)cc(O)cc2OCC1c1ccc(O)cc1.O=C1c2ccc(O)cc2OCC1c1ccc(O)cc1.O=C1c2ccc(O)cc2OCC1c1ccc(O)cc1.O=c1c(-c2ccc(O)cc2)coc2cc(O)cc(O)c12.O=c1c(-c2ccc(O)cc2)coc2cc(O)ccc12. The van der Waals surface area contributed by atoms with Crippen molar-refractivity contribution in [2.75, 3.05) is 34.0 Å². The number of phenolic OH excluding ortho intramolecular Hbond substituents is 15. The molecule has 15 N–H and O–H groups in total. The molecule has 0 bridgehead atoms. The molecule has 31 nitrogen and oxygen atoms in total. The van der Waals surface area contributed by atoms with Crippen molar-refractivity contribution in [1.82, 2.24) is 0 Å². The minimum atomic E-state index is -0.543. The van der Waals surface area contributed by atoms with Crippen molar-refractivity contribution in [1.29, 1.82) is 0 Å². The summed E-state index contributed by atoms with van der Waals surface area (Å²) in [5.41, 5.74) is 7.33. The molecule has 4 aromatic heterocycles. The zero-order chi connectivity index (χ0) is 97.9.